The molecule has 1 aliphatic heterocycles. The normalized spacial score (nSPS) is 19.9. The van der Waals surface area contributed by atoms with Gasteiger partial charge in [0.2, 0.25) is 5.95 Å². The third kappa shape index (κ3) is 2.27. The van der Waals surface area contributed by atoms with Crippen LogP contribution in [0.5, 0.6) is 0 Å². The molecule has 1 N–H and O–H groups in total. The van der Waals surface area contributed by atoms with Gasteiger partial charge in [0.05, 0.1) is 5.39 Å². The minimum absolute atomic E-state index is 0.566. The van der Waals surface area contributed by atoms with Crippen LogP contribution >= 0.6 is 11.3 Å². The summed E-state index contributed by atoms with van der Waals surface area (Å²) in [5.41, 5.74) is 0. The van der Waals surface area contributed by atoms with Gasteiger partial charge in [0.25, 0.3) is 0 Å². The van der Waals surface area contributed by atoms with E-state index in [-0.39, 0.29) is 0 Å². The second kappa shape index (κ2) is 4.96. The first kappa shape index (κ1) is 12.7. The number of aromatic nitrogens is 2. The highest BCUT2D eigenvalue weighted by atomic mass is 32.1. The number of fused-ring (bicyclic) bond motifs is 1. The fourth-order valence-electron chi connectivity index (χ4n) is 2.77. The van der Waals surface area contributed by atoms with Crippen molar-refractivity contribution in [1.82, 2.24) is 9.97 Å². The molecule has 0 aromatic carbocycles. The van der Waals surface area contributed by atoms with Gasteiger partial charge in [-0.05, 0) is 39.2 Å². The Bertz CT molecular complexity index is 592. The van der Waals surface area contributed by atoms with Crippen molar-refractivity contribution in [3.05, 3.63) is 10.9 Å². The van der Waals surface area contributed by atoms with Crippen LogP contribution < -0.4 is 10.2 Å². The molecule has 1 saturated heterocycles. The van der Waals surface area contributed by atoms with E-state index in [1.807, 2.05) is 7.05 Å². The standard InChI is InChI=1S/C14H20N4S/c1-9-6-4-5-7-18(9)12-11-8-10(2)19-13(11)17-14(15-3)16-12/h8-9H,4-7H2,1-3H3,(H,15,16,17). The Balaban J connectivity index is 2.14. The molecule has 3 heterocycles. The molecule has 1 unspecified atom stereocenters. The molecule has 1 atom stereocenters. The van der Waals surface area contributed by atoms with Crippen molar-refractivity contribution >= 4 is 33.3 Å². The average Bonchev–Trinajstić information content (AvgIpc) is 2.78. The van der Waals surface area contributed by atoms with Crippen LogP contribution in [0.4, 0.5) is 11.8 Å². The quantitative estimate of drug-likeness (QED) is 0.912. The second-order valence-electron chi connectivity index (χ2n) is 5.23. The zero-order valence-electron chi connectivity index (χ0n) is 11.7. The van der Waals surface area contributed by atoms with Crippen molar-refractivity contribution in [2.75, 3.05) is 23.8 Å². The highest BCUT2D eigenvalue weighted by Gasteiger charge is 2.23. The van der Waals surface area contributed by atoms with Crippen LogP contribution in [0.3, 0.4) is 0 Å². The van der Waals surface area contributed by atoms with E-state index >= 15 is 0 Å². The lowest BCUT2D eigenvalue weighted by atomic mass is 10.0. The van der Waals surface area contributed by atoms with Crippen molar-refractivity contribution in [3.8, 4) is 0 Å². The first-order chi connectivity index (χ1) is 9.19. The molecule has 0 amide bonds. The molecule has 2 aromatic heterocycles. The van der Waals surface area contributed by atoms with E-state index in [4.69, 9.17) is 4.98 Å². The molecule has 2 aromatic rings. The zero-order chi connectivity index (χ0) is 13.4. The van der Waals surface area contributed by atoms with Gasteiger partial charge in [-0.2, -0.15) is 4.98 Å². The maximum atomic E-state index is 4.72. The van der Waals surface area contributed by atoms with Gasteiger partial charge in [0, 0.05) is 24.5 Å². The van der Waals surface area contributed by atoms with Crippen molar-refractivity contribution in [1.29, 1.82) is 0 Å². The SMILES string of the molecule is CNc1nc(N2CCCCC2C)c2cc(C)sc2n1. The third-order valence-electron chi connectivity index (χ3n) is 3.79. The predicted octanol–water partition coefficient (Wildman–Crippen LogP) is 3.42. The minimum Gasteiger partial charge on any atom is -0.357 e. The van der Waals surface area contributed by atoms with Crippen molar-refractivity contribution < 1.29 is 0 Å². The zero-order valence-corrected chi connectivity index (χ0v) is 12.5. The summed E-state index contributed by atoms with van der Waals surface area (Å²) in [5.74, 6) is 1.83. The summed E-state index contributed by atoms with van der Waals surface area (Å²) >= 11 is 1.74. The Morgan fingerprint density at radius 3 is 2.95 bits per heavy atom. The van der Waals surface area contributed by atoms with E-state index < -0.39 is 0 Å². The summed E-state index contributed by atoms with van der Waals surface area (Å²) in [4.78, 5) is 14.1. The van der Waals surface area contributed by atoms with E-state index in [0.29, 0.717) is 6.04 Å². The monoisotopic (exact) mass is 276 g/mol. The van der Waals surface area contributed by atoms with Gasteiger partial charge in [-0.25, -0.2) is 4.98 Å². The van der Waals surface area contributed by atoms with Crippen molar-refractivity contribution in [2.45, 2.75) is 39.2 Å². The molecule has 1 aliphatic rings. The summed E-state index contributed by atoms with van der Waals surface area (Å²) in [6.07, 6.45) is 3.84. The number of hydrogen-bond acceptors (Lipinski definition) is 5. The highest BCUT2D eigenvalue weighted by molar-refractivity contribution is 7.18. The number of thiophene rings is 1. The third-order valence-corrected chi connectivity index (χ3v) is 4.74. The van der Waals surface area contributed by atoms with Gasteiger partial charge >= 0.3 is 0 Å². The summed E-state index contributed by atoms with van der Waals surface area (Å²) < 4.78 is 0. The van der Waals surface area contributed by atoms with Gasteiger partial charge in [0.1, 0.15) is 10.6 Å². The molecule has 1 fully saturated rings. The molecule has 0 radical (unpaired) electrons. The summed E-state index contributed by atoms with van der Waals surface area (Å²) in [5, 5.41) is 4.28. The number of aryl methyl sites for hydroxylation is 1. The average molecular weight is 276 g/mol. The molecular formula is C14H20N4S. The van der Waals surface area contributed by atoms with Gasteiger partial charge in [-0.3, -0.25) is 0 Å². The Morgan fingerprint density at radius 1 is 1.37 bits per heavy atom. The number of rotatable bonds is 2. The van der Waals surface area contributed by atoms with Gasteiger partial charge < -0.3 is 10.2 Å². The highest BCUT2D eigenvalue weighted by Crippen LogP contribution is 2.34. The fraction of sp³-hybridized carbons (Fsp3) is 0.571. The molecule has 5 heteroatoms. The Labute approximate surface area is 117 Å². The Kier molecular flexibility index (Phi) is 3.31. The van der Waals surface area contributed by atoms with E-state index in [1.165, 1.54) is 29.5 Å². The number of hydrogen-bond donors (Lipinski definition) is 1. The first-order valence-corrected chi connectivity index (χ1v) is 7.73. The lowest BCUT2D eigenvalue weighted by Gasteiger charge is -2.34. The second-order valence-corrected chi connectivity index (χ2v) is 6.47. The van der Waals surface area contributed by atoms with E-state index in [9.17, 15) is 0 Å². The molecule has 0 aliphatic carbocycles. The molecule has 4 nitrogen and oxygen atoms in total. The van der Waals surface area contributed by atoms with Crippen LogP contribution in [-0.2, 0) is 0 Å². The number of piperidine rings is 1. The molecule has 3 rings (SSSR count). The summed E-state index contributed by atoms with van der Waals surface area (Å²) in [6.45, 7) is 5.53. The van der Waals surface area contributed by atoms with Gasteiger partial charge in [-0.15, -0.1) is 11.3 Å². The minimum atomic E-state index is 0.566. The van der Waals surface area contributed by atoms with E-state index in [1.54, 1.807) is 11.3 Å². The maximum absolute atomic E-state index is 4.72. The van der Waals surface area contributed by atoms with Crippen LogP contribution in [0.1, 0.15) is 31.1 Å². The molecule has 0 spiro atoms. The molecule has 0 saturated carbocycles. The summed E-state index contributed by atoms with van der Waals surface area (Å²) in [7, 11) is 1.88. The van der Waals surface area contributed by atoms with Crippen LogP contribution in [0, 0.1) is 6.92 Å². The molecule has 102 valence electrons. The number of nitrogens with one attached hydrogen (secondary N) is 1. The topological polar surface area (TPSA) is 41.1 Å². The smallest absolute Gasteiger partial charge is 0.225 e. The largest absolute Gasteiger partial charge is 0.357 e. The lowest BCUT2D eigenvalue weighted by Crippen LogP contribution is -2.38. The lowest BCUT2D eigenvalue weighted by molar-refractivity contribution is 0.482. The van der Waals surface area contributed by atoms with Crippen LogP contribution in [0.2, 0.25) is 0 Å². The predicted molar refractivity (Wildman–Crippen MR) is 82.4 cm³/mol. The summed E-state index contributed by atoms with van der Waals surface area (Å²) in [6, 6.07) is 2.78. The van der Waals surface area contributed by atoms with Crippen molar-refractivity contribution in [3.63, 3.8) is 0 Å². The fourth-order valence-corrected chi connectivity index (χ4v) is 3.64. The number of anilines is 2. The first-order valence-electron chi connectivity index (χ1n) is 6.91. The van der Waals surface area contributed by atoms with Crippen LogP contribution in [-0.4, -0.2) is 29.6 Å². The van der Waals surface area contributed by atoms with Gasteiger partial charge in [-0.1, -0.05) is 0 Å². The number of nitrogens with zero attached hydrogens (tertiary/aromatic N) is 3. The maximum Gasteiger partial charge on any atom is 0.225 e. The molecular weight excluding hydrogens is 256 g/mol. The molecule has 19 heavy (non-hydrogen) atoms. The van der Waals surface area contributed by atoms with Crippen molar-refractivity contribution in [2.24, 2.45) is 0 Å². The molecule has 0 bridgehead atoms. The van der Waals surface area contributed by atoms with Crippen LogP contribution in [0.25, 0.3) is 10.2 Å². The Morgan fingerprint density at radius 2 is 2.21 bits per heavy atom. The van der Waals surface area contributed by atoms with E-state index in [2.05, 4.69) is 35.1 Å². The Hall–Kier alpha value is -1.36. The van der Waals surface area contributed by atoms with Crippen LogP contribution in [0.15, 0.2) is 6.07 Å². The van der Waals surface area contributed by atoms with E-state index in [0.717, 1.165) is 23.1 Å². The van der Waals surface area contributed by atoms with Gasteiger partial charge in [0.15, 0.2) is 0 Å².